The van der Waals surface area contributed by atoms with Gasteiger partial charge in [0.1, 0.15) is 12.6 Å². The van der Waals surface area contributed by atoms with Gasteiger partial charge in [-0.05, 0) is 59.7 Å². The molecule has 2 aliphatic heterocycles. The number of anilines is 3. The minimum absolute atomic E-state index is 0.0522. The standard InChI is InChI=1S/C35H31ClN4O5/c36-26-12-10-24(11-13-26)22-40(31(41)23-39-30-9-5-4-8-29(30)33(42)35(39)44)32(25-6-2-1-3-7-25)34(43)37-27-14-16-28(17-15-27)38-18-20-45-21-19-38/h1-17,32H,18-23H2,(H,37,43). The fraction of sp³-hybridized carbons (Fsp3) is 0.200. The third-order valence-electron chi connectivity index (χ3n) is 7.95. The summed E-state index contributed by atoms with van der Waals surface area (Å²) in [7, 11) is 0. The lowest BCUT2D eigenvalue weighted by molar-refractivity contribution is -0.139. The summed E-state index contributed by atoms with van der Waals surface area (Å²) in [6.45, 7) is 2.55. The van der Waals surface area contributed by atoms with Crippen LogP contribution in [-0.4, -0.2) is 61.3 Å². The van der Waals surface area contributed by atoms with E-state index in [2.05, 4.69) is 10.2 Å². The number of Topliss-reactive ketones (excluding diaryl/α,β-unsaturated/α-hetero) is 1. The van der Waals surface area contributed by atoms with Crippen LogP contribution in [-0.2, 0) is 25.7 Å². The molecule has 0 saturated carbocycles. The van der Waals surface area contributed by atoms with E-state index < -0.39 is 36.1 Å². The number of hydrogen-bond acceptors (Lipinski definition) is 6. The number of nitrogens with one attached hydrogen (secondary N) is 1. The number of benzene rings is 4. The molecule has 0 bridgehead atoms. The van der Waals surface area contributed by atoms with Crippen LogP contribution in [0.3, 0.4) is 0 Å². The van der Waals surface area contributed by atoms with Gasteiger partial charge in [-0.3, -0.25) is 24.1 Å². The van der Waals surface area contributed by atoms with E-state index in [0.717, 1.165) is 24.3 Å². The number of carbonyl (C=O) groups is 4. The Balaban J connectivity index is 1.32. The smallest absolute Gasteiger partial charge is 0.299 e. The van der Waals surface area contributed by atoms with E-state index in [-0.39, 0.29) is 12.1 Å². The first kappa shape index (κ1) is 30.1. The van der Waals surface area contributed by atoms with Crippen LogP contribution < -0.4 is 15.1 Å². The van der Waals surface area contributed by atoms with Gasteiger partial charge >= 0.3 is 0 Å². The molecular formula is C35H31ClN4O5. The molecule has 2 heterocycles. The summed E-state index contributed by atoms with van der Waals surface area (Å²) >= 11 is 6.13. The van der Waals surface area contributed by atoms with Crippen molar-refractivity contribution >= 4 is 52.2 Å². The molecule has 228 valence electrons. The zero-order chi connectivity index (χ0) is 31.3. The van der Waals surface area contributed by atoms with E-state index in [1.165, 1.54) is 9.80 Å². The number of rotatable bonds is 9. The van der Waals surface area contributed by atoms with Gasteiger partial charge in [0.25, 0.3) is 17.6 Å². The first-order valence-electron chi connectivity index (χ1n) is 14.7. The number of carbonyl (C=O) groups excluding carboxylic acids is 4. The third kappa shape index (κ3) is 6.60. The Morgan fingerprint density at radius 2 is 1.51 bits per heavy atom. The monoisotopic (exact) mass is 622 g/mol. The Morgan fingerprint density at radius 1 is 0.844 bits per heavy atom. The van der Waals surface area contributed by atoms with Gasteiger partial charge < -0.3 is 19.9 Å². The normalized spacial score (nSPS) is 15.0. The number of ketones is 1. The quantitative estimate of drug-likeness (QED) is 0.260. The first-order chi connectivity index (χ1) is 21.9. The molecule has 6 rings (SSSR count). The van der Waals surface area contributed by atoms with Crippen LogP contribution >= 0.6 is 11.6 Å². The number of ether oxygens (including phenoxy) is 1. The van der Waals surface area contributed by atoms with Crippen molar-refractivity contribution in [3.63, 3.8) is 0 Å². The van der Waals surface area contributed by atoms with Crippen LogP contribution in [0.5, 0.6) is 0 Å². The lowest BCUT2D eigenvalue weighted by atomic mass is 10.0. The molecule has 0 radical (unpaired) electrons. The highest BCUT2D eigenvalue weighted by molar-refractivity contribution is 6.52. The fourth-order valence-corrected chi connectivity index (χ4v) is 5.76. The van der Waals surface area contributed by atoms with Crippen molar-refractivity contribution < 1.29 is 23.9 Å². The van der Waals surface area contributed by atoms with Crippen LogP contribution in [0, 0.1) is 0 Å². The number of halogens is 1. The molecule has 45 heavy (non-hydrogen) atoms. The molecule has 1 N–H and O–H groups in total. The molecule has 1 saturated heterocycles. The number of fused-ring (bicyclic) bond motifs is 1. The molecule has 4 aromatic rings. The van der Waals surface area contributed by atoms with E-state index in [9.17, 15) is 19.2 Å². The molecule has 2 aliphatic rings. The van der Waals surface area contributed by atoms with Crippen LogP contribution in [0.25, 0.3) is 0 Å². The van der Waals surface area contributed by atoms with E-state index in [1.807, 2.05) is 30.3 Å². The van der Waals surface area contributed by atoms with Crippen LogP contribution in [0.1, 0.15) is 27.5 Å². The predicted molar refractivity (Wildman–Crippen MR) is 172 cm³/mol. The Labute approximate surface area is 265 Å². The van der Waals surface area contributed by atoms with Crippen molar-refractivity contribution in [3.05, 3.63) is 125 Å². The Hall–Kier alpha value is -4.99. The largest absolute Gasteiger partial charge is 0.378 e. The third-order valence-corrected chi connectivity index (χ3v) is 8.20. The molecule has 3 amide bonds. The van der Waals surface area contributed by atoms with Crippen molar-refractivity contribution in [1.29, 1.82) is 0 Å². The number of nitrogens with zero attached hydrogens (tertiary/aromatic N) is 3. The lowest BCUT2D eigenvalue weighted by Crippen LogP contribution is -2.46. The average Bonchev–Trinajstić information content (AvgIpc) is 3.31. The zero-order valence-corrected chi connectivity index (χ0v) is 25.2. The van der Waals surface area contributed by atoms with Crippen molar-refractivity contribution in [3.8, 4) is 0 Å². The molecule has 0 aliphatic carbocycles. The molecule has 1 fully saturated rings. The van der Waals surface area contributed by atoms with Crippen LogP contribution in [0.2, 0.25) is 5.02 Å². The van der Waals surface area contributed by atoms with Crippen LogP contribution in [0.15, 0.2) is 103 Å². The van der Waals surface area contributed by atoms with E-state index in [4.69, 9.17) is 16.3 Å². The van der Waals surface area contributed by atoms with Gasteiger partial charge in [-0.1, -0.05) is 66.2 Å². The summed E-state index contributed by atoms with van der Waals surface area (Å²) in [4.78, 5) is 58.9. The maximum Gasteiger partial charge on any atom is 0.299 e. The minimum Gasteiger partial charge on any atom is -0.378 e. The van der Waals surface area contributed by atoms with Crippen molar-refractivity contribution in [2.75, 3.05) is 48.0 Å². The number of para-hydroxylation sites is 1. The van der Waals surface area contributed by atoms with E-state index in [0.29, 0.717) is 35.2 Å². The van der Waals surface area contributed by atoms with Crippen molar-refractivity contribution in [2.45, 2.75) is 12.6 Å². The van der Waals surface area contributed by atoms with Gasteiger partial charge in [-0.2, -0.15) is 0 Å². The van der Waals surface area contributed by atoms with Crippen molar-refractivity contribution in [2.24, 2.45) is 0 Å². The molecule has 1 unspecified atom stereocenters. The lowest BCUT2D eigenvalue weighted by Gasteiger charge is -2.33. The number of amides is 3. The highest BCUT2D eigenvalue weighted by Gasteiger charge is 2.39. The number of hydrogen-bond donors (Lipinski definition) is 1. The Morgan fingerprint density at radius 3 is 2.22 bits per heavy atom. The zero-order valence-electron chi connectivity index (χ0n) is 24.4. The predicted octanol–water partition coefficient (Wildman–Crippen LogP) is 5.11. The second-order valence-corrected chi connectivity index (χ2v) is 11.3. The summed E-state index contributed by atoms with van der Waals surface area (Å²) < 4.78 is 5.45. The second-order valence-electron chi connectivity index (χ2n) is 10.8. The summed E-state index contributed by atoms with van der Waals surface area (Å²) in [6, 6.07) is 29.1. The maximum atomic E-state index is 14.2. The molecule has 9 nitrogen and oxygen atoms in total. The molecule has 1 atom stereocenters. The molecule has 4 aromatic carbocycles. The fourth-order valence-electron chi connectivity index (χ4n) is 5.64. The van der Waals surface area contributed by atoms with E-state index >= 15 is 0 Å². The van der Waals surface area contributed by atoms with Gasteiger partial charge in [-0.25, -0.2) is 0 Å². The molecule has 0 spiro atoms. The molecule has 10 heteroatoms. The summed E-state index contributed by atoms with van der Waals surface area (Å²) in [6.07, 6.45) is 0. The molecule has 0 aromatic heterocycles. The van der Waals surface area contributed by atoms with Gasteiger partial charge in [0.05, 0.1) is 24.5 Å². The van der Waals surface area contributed by atoms with Gasteiger partial charge in [-0.15, -0.1) is 0 Å². The Bertz CT molecular complexity index is 1710. The van der Waals surface area contributed by atoms with E-state index in [1.54, 1.807) is 72.8 Å². The van der Waals surface area contributed by atoms with Gasteiger partial charge in [0, 0.05) is 36.0 Å². The maximum absolute atomic E-state index is 14.2. The summed E-state index contributed by atoms with van der Waals surface area (Å²) in [5.74, 6) is -2.38. The number of morpholine rings is 1. The minimum atomic E-state index is -1.06. The summed E-state index contributed by atoms with van der Waals surface area (Å²) in [5.41, 5.74) is 3.55. The van der Waals surface area contributed by atoms with Crippen LogP contribution in [0.4, 0.5) is 17.1 Å². The average molecular weight is 623 g/mol. The Kier molecular flexibility index (Phi) is 8.91. The highest BCUT2D eigenvalue weighted by Crippen LogP contribution is 2.31. The van der Waals surface area contributed by atoms with Gasteiger partial charge in [0.15, 0.2) is 0 Å². The second kappa shape index (κ2) is 13.3. The highest BCUT2D eigenvalue weighted by atomic mass is 35.5. The molecular weight excluding hydrogens is 592 g/mol. The topological polar surface area (TPSA) is 99.3 Å². The summed E-state index contributed by atoms with van der Waals surface area (Å²) in [5, 5.41) is 3.53. The van der Waals surface area contributed by atoms with Gasteiger partial charge in [0.2, 0.25) is 5.91 Å². The SMILES string of the molecule is O=C1C(=O)N(CC(=O)N(Cc2ccc(Cl)cc2)C(C(=O)Nc2ccc(N3CCOCC3)cc2)c2ccccc2)c2ccccc21. The van der Waals surface area contributed by atoms with Crippen molar-refractivity contribution in [1.82, 2.24) is 4.90 Å². The first-order valence-corrected chi connectivity index (χ1v) is 15.0.